The largest absolute Gasteiger partial charge is 0.504 e. The molecule has 116 valence electrons. The zero-order valence-electron chi connectivity index (χ0n) is 12.6. The summed E-state index contributed by atoms with van der Waals surface area (Å²) in [5.74, 6) is -0.222. The molecule has 0 aromatic heterocycles. The van der Waals surface area contributed by atoms with Crippen LogP contribution in [0.2, 0.25) is 0 Å². The maximum Gasteiger partial charge on any atom is 0.196 e. The fourth-order valence-corrected chi connectivity index (χ4v) is 3.60. The van der Waals surface area contributed by atoms with Crippen LogP contribution in [0.4, 0.5) is 0 Å². The molecule has 0 fully saturated rings. The Morgan fingerprint density at radius 2 is 1.78 bits per heavy atom. The van der Waals surface area contributed by atoms with E-state index in [4.69, 9.17) is 4.74 Å². The molecule has 2 aromatic rings. The second-order valence-electron chi connectivity index (χ2n) is 5.81. The third-order valence-corrected chi connectivity index (χ3v) is 4.69. The Bertz CT molecular complexity index is 821. The number of rotatable bonds is 1. The number of phenolic OH excluding ortho intramolecular Hbond substituents is 1. The number of fused-ring (bicyclic) bond motifs is 3. The van der Waals surface area contributed by atoms with Gasteiger partial charge in [0.05, 0.1) is 7.11 Å². The number of carbonyl (C=O) groups is 2. The maximum absolute atomic E-state index is 13.0. The quantitative estimate of drug-likeness (QED) is 0.786. The van der Waals surface area contributed by atoms with E-state index in [-0.39, 0.29) is 23.1 Å². The second-order valence-corrected chi connectivity index (χ2v) is 5.81. The van der Waals surface area contributed by atoms with Crippen molar-refractivity contribution in [1.29, 1.82) is 0 Å². The molecule has 0 bridgehead atoms. The fraction of sp³-hybridized carbons (Fsp3) is 0.222. The molecule has 1 spiro atoms. The molecule has 1 aliphatic carbocycles. The number of methoxy groups -OCH3 is 1. The van der Waals surface area contributed by atoms with Crippen LogP contribution < -0.4 is 10.1 Å². The van der Waals surface area contributed by atoms with Gasteiger partial charge in [-0.2, -0.15) is 0 Å². The average molecular weight is 309 g/mol. The van der Waals surface area contributed by atoms with Crippen molar-refractivity contribution in [3.63, 3.8) is 0 Å². The van der Waals surface area contributed by atoms with Crippen molar-refractivity contribution >= 4 is 11.6 Å². The Morgan fingerprint density at radius 3 is 2.39 bits per heavy atom. The number of Topliss-reactive ketones (excluding diaryl/α,β-unsaturated/α-hetero) is 2. The topological polar surface area (TPSA) is 75.6 Å². The van der Waals surface area contributed by atoms with Crippen LogP contribution in [0, 0.1) is 0 Å². The Hall–Kier alpha value is -2.66. The summed E-state index contributed by atoms with van der Waals surface area (Å²) in [6.07, 6.45) is 0.630. The highest BCUT2D eigenvalue weighted by Crippen LogP contribution is 2.44. The summed E-state index contributed by atoms with van der Waals surface area (Å²) in [5, 5.41) is 13.1. The molecular weight excluding hydrogens is 294 g/mol. The smallest absolute Gasteiger partial charge is 0.196 e. The lowest BCUT2D eigenvalue weighted by Gasteiger charge is -2.34. The highest BCUT2D eigenvalue weighted by Gasteiger charge is 2.56. The molecule has 1 heterocycles. The van der Waals surface area contributed by atoms with Crippen LogP contribution in [0.15, 0.2) is 36.4 Å². The maximum atomic E-state index is 13.0. The summed E-state index contributed by atoms with van der Waals surface area (Å²) in [6, 6.07) is 10.0. The van der Waals surface area contributed by atoms with Crippen molar-refractivity contribution in [2.24, 2.45) is 0 Å². The third-order valence-electron chi connectivity index (χ3n) is 4.69. The van der Waals surface area contributed by atoms with Crippen molar-refractivity contribution in [3.8, 4) is 11.5 Å². The summed E-state index contributed by atoms with van der Waals surface area (Å²) >= 11 is 0. The Morgan fingerprint density at radius 1 is 1.13 bits per heavy atom. The normalized spacial score (nSPS) is 18.0. The number of hydrogen-bond acceptors (Lipinski definition) is 5. The minimum atomic E-state index is -1.40. The molecule has 4 rings (SSSR count). The Balaban J connectivity index is 2.00. The van der Waals surface area contributed by atoms with Gasteiger partial charge in [-0.15, -0.1) is 0 Å². The first-order chi connectivity index (χ1) is 11.1. The molecule has 2 N–H and O–H groups in total. The van der Waals surface area contributed by atoms with E-state index in [9.17, 15) is 14.7 Å². The van der Waals surface area contributed by atoms with E-state index >= 15 is 0 Å². The number of phenols is 1. The van der Waals surface area contributed by atoms with Crippen molar-refractivity contribution < 1.29 is 19.4 Å². The molecule has 0 amide bonds. The average Bonchev–Trinajstić information content (AvgIpc) is 2.78. The van der Waals surface area contributed by atoms with Crippen LogP contribution in [0.3, 0.4) is 0 Å². The van der Waals surface area contributed by atoms with Gasteiger partial charge < -0.3 is 9.84 Å². The summed E-state index contributed by atoms with van der Waals surface area (Å²) < 4.78 is 5.16. The Labute approximate surface area is 132 Å². The summed E-state index contributed by atoms with van der Waals surface area (Å²) in [4.78, 5) is 26.1. The molecule has 0 saturated carbocycles. The lowest BCUT2D eigenvalue weighted by atomic mass is 9.78. The van der Waals surface area contributed by atoms with Crippen molar-refractivity contribution in [2.75, 3.05) is 13.7 Å². The molecule has 0 radical (unpaired) electrons. The number of benzene rings is 2. The third kappa shape index (κ3) is 1.65. The molecule has 0 atom stereocenters. The number of ether oxygens (including phenoxy) is 1. The number of aromatic hydroxyl groups is 1. The molecule has 5 heteroatoms. The standard InChI is InChI=1S/C18H15NO4/c1-23-15-9-13-10(8-14(15)20)6-7-19-18(13)16(21)11-4-2-3-5-12(11)17(18)22/h2-5,8-9,19-20H,6-7H2,1H3. The van der Waals surface area contributed by atoms with Gasteiger partial charge in [0.15, 0.2) is 28.6 Å². The van der Waals surface area contributed by atoms with Gasteiger partial charge in [-0.05, 0) is 29.7 Å². The van der Waals surface area contributed by atoms with Crippen molar-refractivity contribution in [3.05, 3.63) is 58.7 Å². The molecule has 5 nitrogen and oxygen atoms in total. The number of carbonyl (C=O) groups excluding carboxylic acids is 2. The van der Waals surface area contributed by atoms with Gasteiger partial charge in [-0.25, -0.2) is 0 Å². The van der Waals surface area contributed by atoms with E-state index in [0.717, 1.165) is 5.56 Å². The van der Waals surface area contributed by atoms with Gasteiger partial charge in [0.25, 0.3) is 0 Å². The van der Waals surface area contributed by atoms with Crippen molar-refractivity contribution in [1.82, 2.24) is 5.32 Å². The van der Waals surface area contributed by atoms with Crippen LogP contribution in [0.1, 0.15) is 31.8 Å². The first kappa shape index (κ1) is 14.0. The Kier molecular flexibility index (Phi) is 2.83. The fourth-order valence-electron chi connectivity index (χ4n) is 3.60. The minimum Gasteiger partial charge on any atom is -0.504 e. The van der Waals surface area contributed by atoms with Gasteiger partial charge >= 0.3 is 0 Å². The monoisotopic (exact) mass is 309 g/mol. The van der Waals surface area contributed by atoms with Gasteiger partial charge in [-0.3, -0.25) is 14.9 Å². The summed E-state index contributed by atoms with van der Waals surface area (Å²) in [7, 11) is 1.44. The summed E-state index contributed by atoms with van der Waals surface area (Å²) in [5.41, 5.74) is 0.828. The first-order valence-corrected chi connectivity index (χ1v) is 7.43. The van der Waals surface area contributed by atoms with Crippen LogP contribution >= 0.6 is 0 Å². The first-order valence-electron chi connectivity index (χ1n) is 7.43. The van der Waals surface area contributed by atoms with E-state index in [0.29, 0.717) is 29.7 Å². The summed E-state index contributed by atoms with van der Waals surface area (Å²) in [6.45, 7) is 0.490. The predicted molar refractivity (Wildman–Crippen MR) is 83.1 cm³/mol. The molecule has 23 heavy (non-hydrogen) atoms. The van der Waals surface area contributed by atoms with Crippen LogP contribution in [-0.4, -0.2) is 30.3 Å². The molecule has 0 saturated heterocycles. The number of hydrogen-bond donors (Lipinski definition) is 2. The van der Waals surface area contributed by atoms with Crippen LogP contribution in [-0.2, 0) is 12.0 Å². The van der Waals surface area contributed by atoms with E-state index in [1.165, 1.54) is 7.11 Å². The number of ketones is 2. The van der Waals surface area contributed by atoms with Gasteiger partial charge in [0, 0.05) is 17.7 Å². The molecule has 2 aromatic carbocycles. The molecule has 2 aliphatic rings. The molecular formula is C18H15NO4. The van der Waals surface area contributed by atoms with E-state index in [1.807, 2.05) is 0 Å². The van der Waals surface area contributed by atoms with Crippen LogP contribution in [0.25, 0.3) is 0 Å². The van der Waals surface area contributed by atoms with Gasteiger partial charge in [0.2, 0.25) is 0 Å². The zero-order valence-corrected chi connectivity index (χ0v) is 12.6. The SMILES string of the molecule is COc1cc2c(cc1O)CCNC21C(=O)c2ccccc2C1=O. The van der Waals surface area contributed by atoms with Gasteiger partial charge in [0.1, 0.15) is 0 Å². The predicted octanol–water partition coefficient (Wildman–Crippen LogP) is 1.82. The molecule has 0 unspecified atom stereocenters. The minimum absolute atomic E-state index is 0.0127. The highest BCUT2D eigenvalue weighted by molar-refractivity contribution is 6.33. The zero-order chi connectivity index (χ0) is 16.2. The highest BCUT2D eigenvalue weighted by atomic mass is 16.5. The molecule has 1 aliphatic heterocycles. The lowest BCUT2D eigenvalue weighted by molar-refractivity contribution is 0.0746. The lowest BCUT2D eigenvalue weighted by Crippen LogP contribution is -2.55. The van der Waals surface area contributed by atoms with Crippen LogP contribution in [0.5, 0.6) is 11.5 Å². The second kappa shape index (κ2) is 4.67. The van der Waals surface area contributed by atoms with Gasteiger partial charge in [-0.1, -0.05) is 24.3 Å². The van der Waals surface area contributed by atoms with Crippen molar-refractivity contribution in [2.45, 2.75) is 12.0 Å². The number of nitrogens with one attached hydrogen (secondary N) is 1. The van der Waals surface area contributed by atoms with E-state index in [2.05, 4.69) is 5.32 Å². The van der Waals surface area contributed by atoms with E-state index < -0.39 is 5.54 Å². The van der Waals surface area contributed by atoms with E-state index in [1.54, 1.807) is 36.4 Å².